The quantitative estimate of drug-likeness (QED) is 0.0176. The van der Waals surface area contributed by atoms with Crippen molar-refractivity contribution < 1.29 is 33.5 Å². The van der Waals surface area contributed by atoms with Gasteiger partial charge in [0.05, 0.1) is 37.9 Å². The number of hydrogen-bond donors (Lipinski definition) is 5. The summed E-state index contributed by atoms with van der Waals surface area (Å²) in [5.41, 5.74) is 5.37. The topological polar surface area (TPSA) is 151 Å². The summed E-state index contributed by atoms with van der Waals surface area (Å²) in [5, 5.41) is 24.1. The zero-order valence-electron chi connectivity index (χ0n) is 37.7. The summed E-state index contributed by atoms with van der Waals surface area (Å²) in [6.45, 7) is 3.96. The molecule has 0 aromatic heterocycles. The number of aliphatic hydroxyl groups excluding tert-OH is 2. The van der Waals surface area contributed by atoms with Gasteiger partial charge in [-0.2, -0.15) is 0 Å². The number of allylic oxidation sites excluding steroid dienone is 5. The molecule has 0 saturated carbocycles. The maximum Gasteiger partial charge on any atom is 0.472 e. The summed E-state index contributed by atoms with van der Waals surface area (Å²) in [4.78, 5) is 22.8. The van der Waals surface area contributed by atoms with E-state index in [-0.39, 0.29) is 19.6 Å². The predicted molar refractivity (Wildman–Crippen MR) is 246 cm³/mol. The zero-order valence-corrected chi connectivity index (χ0v) is 38.5. The molecule has 6 N–H and O–H groups in total. The van der Waals surface area contributed by atoms with Crippen LogP contribution in [-0.4, -0.2) is 59.0 Å². The van der Waals surface area contributed by atoms with E-state index in [1.807, 2.05) is 6.08 Å². The molecular formula is C48H93N2O7P. The Morgan fingerprint density at radius 1 is 0.603 bits per heavy atom. The second-order valence-electron chi connectivity index (χ2n) is 16.5. The van der Waals surface area contributed by atoms with E-state index in [0.717, 1.165) is 44.9 Å². The molecule has 4 atom stereocenters. The van der Waals surface area contributed by atoms with Gasteiger partial charge in [-0.1, -0.05) is 211 Å². The lowest BCUT2D eigenvalue weighted by Gasteiger charge is -2.24. The first-order valence-corrected chi connectivity index (χ1v) is 25.7. The molecule has 342 valence electrons. The fourth-order valence-corrected chi connectivity index (χ4v) is 7.87. The third-order valence-corrected chi connectivity index (χ3v) is 11.8. The zero-order chi connectivity index (χ0) is 42.6. The standard InChI is InChI=1S/C48H93N2O7P/c1-3-5-7-9-11-13-15-17-19-21-22-24-26-28-30-32-34-36-38-40-47(52)46(44-57-58(54,55)56-42-41-49)50-48(53)43-45(51)39-37-35-33-31-29-27-25-23-20-18-16-14-12-10-8-6-4-2/h12,14,16,18,38,40,45-47,51-52H,3-11,13,15,17,19-37,39,41-44,49H2,1-2H3,(H,50,53)(H,54,55)/b14-12-,18-16-,40-38+. The molecule has 0 aromatic carbocycles. The number of carbonyl (C=O) groups is 1. The minimum Gasteiger partial charge on any atom is -0.393 e. The molecule has 58 heavy (non-hydrogen) atoms. The van der Waals surface area contributed by atoms with Crippen LogP contribution in [0.2, 0.25) is 0 Å². The Hall–Kier alpha value is -1.32. The van der Waals surface area contributed by atoms with Crippen LogP contribution in [-0.2, 0) is 18.4 Å². The van der Waals surface area contributed by atoms with Crippen molar-refractivity contribution in [3.63, 3.8) is 0 Å². The van der Waals surface area contributed by atoms with E-state index in [2.05, 4.69) is 43.5 Å². The van der Waals surface area contributed by atoms with Crippen LogP contribution in [0.15, 0.2) is 36.5 Å². The minimum absolute atomic E-state index is 0.0481. The largest absolute Gasteiger partial charge is 0.472 e. The summed E-state index contributed by atoms with van der Waals surface area (Å²) in [6, 6.07) is -0.985. The van der Waals surface area contributed by atoms with Crippen LogP contribution in [0.5, 0.6) is 0 Å². The Balaban J connectivity index is 4.26. The molecule has 0 rings (SSSR count). The first-order valence-electron chi connectivity index (χ1n) is 24.2. The van der Waals surface area contributed by atoms with Gasteiger partial charge >= 0.3 is 7.82 Å². The second-order valence-corrected chi connectivity index (χ2v) is 18.0. The summed E-state index contributed by atoms with van der Waals surface area (Å²) in [6.07, 6.45) is 49.4. The molecule has 0 saturated heterocycles. The van der Waals surface area contributed by atoms with Crippen LogP contribution in [0.4, 0.5) is 0 Å². The highest BCUT2D eigenvalue weighted by molar-refractivity contribution is 7.47. The molecule has 0 aliphatic carbocycles. The fraction of sp³-hybridized carbons (Fsp3) is 0.854. The lowest BCUT2D eigenvalue weighted by Crippen LogP contribution is -2.46. The van der Waals surface area contributed by atoms with Gasteiger partial charge in [-0.05, 0) is 44.9 Å². The molecule has 10 heteroatoms. The molecule has 9 nitrogen and oxygen atoms in total. The Bertz CT molecular complexity index is 1020. The molecule has 0 aliphatic rings. The highest BCUT2D eigenvalue weighted by Gasteiger charge is 2.27. The summed E-state index contributed by atoms with van der Waals surface area (Å²) in [7, 11) is -4.40. The van der Waals surface area contributed by atoms with E-state index in [1.54, 1.807) is 6.08 Å². The van der Waals surface area contributed by atoms with Crippen molar-refractivity contribution in [2.45, 2.75) is 244 Å². The molecular weight excluding hydrogens is 748 g/mol. The number of nitrogens with two attached hydrogens (primary N) is 1. The third kappa shape index (κ3) is 41.4. The van der Waals surface area contributed by atoms with Gasteiger partial charge in [0.25, 0.3) is 0 Å². The van der Waals surface area contributed by atoms with Crippen LogP contribution >= 0.6 is 7.82 Å². The molecule has 0 heterocycles. The van der Waals surface area contributed by atoms with Crippen LogP contribution in [0.25, 0.3) is 0 Å². The number of rotatable bonds is 45. The number of unbranched alkanes of at least 4 members (excludes halogenated alkanes) is 28. The number of carbonyl (C=O) groups excluding carboxylic acids is 1. The van der Waals surface area contributed by atoms with E-state index < -0.39 is 38.6 Å². The van der Waals surface area contributed by atoms with Gasteiger partial charge in [0.15, 0.2) is 0 Å². The highest BCUT2D eigenvalue weighted by Crippen LogP contribution is 2.43. The maximum absolute atomic E-state index is 12.8. The normalized spacial score (nSPS) is 14.8. The number of hydrogen-bond acceptors (Lipinski definition) is 7. The summed E-state index contributed by atoms with van der Waals surface area (Å²) >= 11 is 0. The molecule has 0 radical (unpaired) electrons. The van der Waals surface area contributed by atoms with Gasteiger partial charge in [0.2, 0.25) is 5.91 Å². The lowest BCUT2D eigenvalue weighted by atomic mass is 10.0. The highest BCUT2D eigenvalue weighted by atomic mass is 31.2. The lowest BCUT2D eigenvalue weighted by molar-refractivity contribution is -0.124. The van der Waals surface area contributed by atoms with Crippen molar-refractivity contribution in [2.75, 3.05) is 19.8 Å². The van der Waals surface area contributed by atoms with Crippen LogP contribution < -0.4 is 11.1 Å². The Morgan fingerprint density at radius 3 is 1.47 bits per heavy atom. The van der Waals surface area contributed by atoms with Crippen molar-refractivity contribution in [3.8, 4) is 0 Å². The van der Waals surface area contributed by atoms with Gasteiger partial charge in [-0.3, -0.25) is 13.8 Å². The predicted octanol–water partition coefficient (Wildman–Crippen LogP) is 12.9. The minimum atomic E-state index is -4.40. The Kier molecular flexibility index (Phi) is 42.8. The smallest absolute Gasteiger partial charge is 0.393 e. The van der Waals surface area contributed by atoms with Crippen molar-refractivity contribution in [2.24, 2.45) is 5.73 Å². The van der Waals surface area contributed by atoms with E-state index in [4.69, 9.17) is 14.8 Å². The van der Waals surface area contributed by atoms with E-state index >= 15 is 0 Å². The Morgan fingerprint density at radius 2 is 1.00 bits per heavy atom. The molecule has 0 fully saturated rings. The van der Waals surface area contributed by atoms with Crippen molar-refractivity contribution in [1.29, 1.82) is 0 Å². The van der Waals surface area contributed by atoms with Crippen molar-refractivity contribution in [1.82, 2.24) is 5.32 Å². The number of phosphoric ester groups is 1. The number of nitrogens with one attached hydrogen (secondary N) is 1. The maximum atomic E-state index is 12.8. The first kappa shape index (κ1) is 56.7. The molecule has 0 spiro atoms. The average Bonchev–Trinajstić information content (AvgIpc) is 3.20. The van der Waals surface area contributed by atoms with E-state index in [0.29, 0.717) is 6.42 Å². The molecule has 4 unspecified atom stereocenters. The monoisotopic (exact) mass is 841 g/mol. The van der Waals surface area contributed by atoms with Gasteiger partial charge in [-0.25, -0.2) is 4.57 Å². The van der Waals surface area contributed by atoms with Crippen molar-refractivity contribution >= 4 is 13.7 Å². The van der Waals surface area contributed by atoms with Crippen molar-refractivity contribution in [3.05, 3.63) is 36.5 Å². The second kappa shape index (κ2) is 43.8. The van der Waals surface area contributed by atoms with Crippen LogP contribution in [0, 0.1) is 0 Å². The number of aliphatic hydroxyl groups is 2. The molecule has 0 bridgehead atoms. The number of amides is 1. The van der Waals surface area contributed by atoms with Gasteiger partial charge in [0, 0.05) is 6.54 Å². The first-order chi connectivity index (χ1) is 28.3. The van der Waals surface area contributed by atoms with Gasteiger partial charge in [-0.15, -0.1) is 0 Å². The number of phosphoric acid groups is 1. The summed E-state index contributed by atoms with van der Waals surface area (Å²) < 4.78 is 22.1. The molecule has 0 aromatic rings. The summed E-state index contributed by atoms with van der Waals surface area (Å²) in [5.74, 6) is -0.449. The van der Waals surface area contributed by atoms with Gasteiger partial charge in [0.1, 0.15) is 0 Å². The average molecular weight is 841 g/mol. The van der Waals surface area contributed by atoms with Gasteiger partial charge < -0.3 is 26.2 Å². The molecule has 0 aliphatic heterocycles. The van der Waals surface area contributed by atoms with Crippen LogP contribution in [0.3, 0.4) is 0 Å². The fourth-order valence-electron chi connectivity index (χ4n) is 7.11. The Labute approximate surface area is 357 Å². The van der Waals surface area contributed by atoms with E-state index in [1.165, 1.54) is 154 Å². The van der Waals surface area contributed by atoms with Crippen LogP contribution in [0.1, 0.15) is 226 Å². The van der Waals surface area contributed by atoms with E-state index in [9.17, 15) is 24.5 Å². The molecule has 1 amide bonds. The third-order valence-electron chi connectivity index (χ3n) is 10.8. The SMILES string of the molecule is CCCCC/C=C\C=C/CCCCCCCCCCC(O)CC(=O)NC(COP(=O)(O)OCCN)C(O)/C=C/CCCCCCCCCCCCCCCCCCC.